The van der Waals surface area contributed by atoms with Crippen molar-refractivity contribution in [2.45, 2.75) is 6.18 Å². The highest BCUT2D eigenvalue weighted by molar-refractivity contribution is 6.75. The maximum absolute atomic E-state index is 12.1. The van der Waals surface area contributed by atoms with Crippen molar-refractivity contribution in [3.63, 3.8) is 0 Å². The summed E-state index contributed by atoms with van der Waals surface area (Å²) < 4.78 is 72.4. The lowest BCUT2D eigenvalue weighted by Gasteiger charge is -2.16. The number of nitrogens with zero attached hydrogens (tertiary/aromatic N) is 1. The second kappa shape index (κ2) is 3.59. The summed E-state index contributed by atoms with van der Waals surface area (Å²) in [6, 6.07) is 0.522. The molecule has 0 fully saturated rings. The standard InChI is InChI=1S/C6H2BClF6N/c8-5-3(7(12,13)14)1-2-4(15-5)6(9,10)11/h1-2H/q-1. The molecule has 0 saturated carbocycles. The van der Waals surface area contributed by atoms with Crippen LogP contribution in [0.4, 0.5) is 26.1 Å². The zero-order valence-corrected chi connectivity index (χ0v) is 7.58. The predicted molar refractivity (Wildman–Crippen MR) is 43.0 cm³/mol. The van der Waals surface area contributed by atoms with Crippen molar-refractivity contribution >= 4 is 24.0 Å². The average molecular weight is 248 g/mol. The molecule has 1 aromatic heterocycles. The summed E-state index contributed by atoms with van der Waals surface area (Å²) in [4.78, 5) is 2.65. The van der Waals surface area contributed by atoms with Gasteiger partial charge in [0, 0.05) is 0 Å². The Hall–Kier alpha value is -0.915. The summed E-state index contributed by atoms with van der Waals surface area (Å²) in [5.41, 5.74) is -2.78. The fraction of sp³-hybridized carbons (Fsp3) is 0.167. The highest BCUT2D eigenvalue weighted by atomic mass is 35.5. The van der Waals surface area contributed by atoms with Crippen LogP contribution in [0.1, 0.15) is 5.69 Å². The van der Waals surface area contributed by atoms with E-state index in [2.05, 4.69) is 4.98 Å². The first-order valence-electron chi connectivity index (χ1n) is 3.56. The van der Waals surface area contributed by atoms with Crippen LogP contribution in [0.5, 0.6) is 0 Å². The zero-order valence-electron chi connectivity index (χ0n) is 6.83. The molecular weight excluding hydrogens is 246 g/mol. The van der Waals surface area contributed by atoms with Crippen LogP contribution in [0.15, 0.2) is 12.1 Å². The van der Waals surface area contributed by atoms with Crippen LogP contribution in [0.2, 0.25) is 5.15 Å². The van der Waals surface area contributed by atoms with Crippen LogP contribution >= 0.6 is 11.6 Å². The fourth-order valence-electron chi connectivity index (χ4n) is 0.847. The maximum atomic E-state index is 12.1. The molecule has 0 amide bonds. The van der Waals surface area contributed by atoms with Crippen LogP contribution in [-0.4, -0.2) is 12.0 Å². The van der Waals surface area contributed by atoms with E-state index in [1.54, 1.807) is 0 Å². The van der Waals surface area contributed by atoms with Crippen molar-refractivity contribution in [1.29, 1.82) is 0 Å². The second-order valence-electron chi connectivity index (χ2n) is 2.65. The summed E-state index contributed by atoms with van der Waals surface area (Å²) in [7, 11) is 0. The summed E-state index contributed by atoms with van der Waals surface area (Å²) in [5.74, 6) is 0. The normalized spacial score (nSPS) is 13.0. The minimum Gasteiger partial charge on any atom is -0.445 e. The molecule has 0 saturated heterocycles. The highest BCUT2D eigenvalue weighted by Gasteiger charge is 2.35. The van der Waals surface area contributed by atoms with Crippen LogP contribution < -0.4 is 5.46 Å². The van der Waals surface area contributed by atoms with Gasteiger partial charge in [0.2, 0.25) is 0 Å². The van der Waals surface area contributed by atoms with Crippen LogP contribution in [0.3, 0.4) is 0 Å². The van der Waals surface area contributed by atoms with Gasteiger partial charge in [-0.3, -0.25) is 0 Å². The Morgan fingerprint density at radius 3 is 2.00 bits per heavy atom. The number of pyridine rings is 1. The summed E-state index contributed by atoms with van der Waals surface area (Å²) >= 11 is 5.00. The fourth-order valence-corrected chi connectivity index (χ4v) is 1.12. The monoisotopic (exact) mass is 248 g/mol. The molecule has 0 atom stereocenters. The Morgan fingerprint density at radius 1 is 1.13 bits per heavy atom. The largest absolute Gasteiger partial charge is 0.512 e. The molecule has 0 aliphatic heterocycles. The number of alkyl halides is 3. The number of hydrogen-bond acceptors (Lipinski definition) is 1. The Bertz CT molecular complexity index is 373. The molecule has 0 aliphatic rings. The summed E-state index contributed by atoms with van der Waals surface area (Å²) in [6.07, 6.45) is -4.80. The number of hydrogen-bond donors (Lipinski definition) is 0. The van der Waals surface area contributed by atoms with E-state index in [1.807, 2.05) is 0 Å². The quantitative estimate of drug-likeness (QED) is 0.423. The molecule has 0 unspecified atom stereocenters. The number of rotatable bonds is 1. The van der Waals surface area contributed by atoms with Crippen molar-refractivity contribution in [3.05, 3.63) is 23.0 Å². The average Bonchev–Trinajstić information content (AvgIpc) is 1.99. The molecule has 1 aromatic rings. The van der Waals surface area contributed by atoms with E-state index in [-0.39, 0.29) is 12.1 Å². The highest BCUT2D eigenvalue weighted by Crippen LogP contribution is 2.28. The third-order valence-electron chi connectivity index (χ3n) is 1.52. The zero-order chi connectivity index (χ0) is 11.9. The lowest BCUT2D eigenvalue weighted by molar-refractivity contribution is -0.141. The van der Waals surface area contributed by atoms with Gasteiger partial charge in [-0.15, -0.1) is 0 Å². The van der Waals surface area contributed by atoms with E-state index in [0.29, 0.717) is 0 Å². The van der Waals surface area contributed by atoms with Gasteiger partial charge in [0.1, 0.15) is 10.8 Å². The molecule has 0 aliphatic carbocycles. The Balaban J connectivity index is 3.21. The molecule has 0 bridgehead atoms. The van der Waals surface area contributed by atoms with E-state index < -0.39 is 29.5 Å². The van der Waals surface area contributed by atoms with Crippen molar-refractivity contribution in [1.82, 2.24) is 4.98 Å². The molecule has 1 heterocycles. The van der Waals surface area contributed by atoms with Gasteiger partial charge in [0.05, 0.1) is 0 Å². The van der Waals surface area contributed by atoms with E-state index >= 15 is 0 Å². The third-order valence-corrected chi connectivity index (χ3v) is 1.82. The smallest absolute Gasteiger partial charge is 0.445 e. The molecule has 0 aromatic carbocycles. The van der Waals surface area contributed by atoms with Gasteiger partial charge < -0.3 is 12.9 Å². The SMILES string of the molecule is F[B-](F)(F)c1ccc(C(F)(F)F)nc1Cl. The van der Waals surface area contributed by atoms with Crippen LogP contribution in [-0.2, 0) is 6.18 Å². The van der Waals surface area contributed by atoms with Gasteiger partial charge in [-0.2, -0.15) is 13.2 Å². The van der Waals surface area contributed by atoms with Gasteiger partial charge in [-0.05, 0) is 6.07 Å². The summed E-state index contributed by atoms with van der Waals surface area (Å²) in [5, 5.41) is -1.18. The molecule has 0 N–H and O–H groups in total. The molecule has 0 radical (unpaired) electrons. The van der Waals surface area contributed by atoms with Crippen molar-refractivity contribution in [2.24, 2.45) is 0 Å². The van der Waals surface area contributed by atoms with Crippen LogP contribution in [0.25, 0.3) is 0 Å². The Labute approximate surface area is 85.1 Å². The summed E-state index contributed by atoms with van der Waals surface area (Å²) in [6.45, 7) is -5.45. The topological polar surface area (TPSA) is 12.9 Å². The minimum absolute atomic E-state index is 0.246. The van der Waals surface area contributed by atoms with E-state index in [1.165, 1.54) is 0 Å². The minimum atomic E-state index is -5.45. The molecule has 0 spiro atoms. The first kappa shape index (κ1) is 12.2. The van der Waals surface area contributed by atoms with E-state index in [4.69, 9.17) is 11.6 Å². The van der Waals surface area contributed by atoms with Crippen molar-refractivity contribution in [2.75, 3.05) is 0 Å². The Kier molecular flexibility index (Phi) is 2.91. The first-order chi connectivity index (χ1) is 6.62. The number of aromatic nitrogens is 1. The third kappa shape index (κ3) is 2.77. The maximum Gasteiger partial charge on any atom is 0.512 e. The second-order valence-corrected chi connectivity index (χ2v) is 3.01. The molecule has 1 rings (SSSR count). The van der Waals surface area contributed by atoms with Gasteiger partial charge in [-0.25, -0.2) is 4.98 Å². The van der Waals surface area contributed by atoms with Gasteiger partial charge in [0.25, 0.3) is 0 Å². The molecule has 84 valence electrons. The molecule has 9 heteroatoms. The van der Waals surface area contributed by atoms with E-state index in [9.17, 15) is 26.1 Å². The van der Waals surface area contributed by atoms with Crippen molar-refractivity contribution < 1.29 is 26.1 Å². The first-order valence-corrected chi connectivity index (χ1v) is 3.94. The van der Waals surface area contributed by atoms with E-state index in [0.717, 1.165) is 0 Å². The Morgan fingerprint density at radius 2 is 1.67 bits per heavy atom. The molecule has 15 heavy (non-hydrogen) atoms. The number of halogens is 7. The van der Waals surface area contributed by atoms with Crippen LogP contribution in [0, 0.1) is 0 Å². The van der Waals surface area contributed by atoms with Crippen molar-refractivity contribution in [3.8, 4) is 0 Å². The predicted octanol–water partition coefficient (Wildman–Crippen LogP) is 2.81. The lowest BCUT2D eigenvalue weighted by atomic mass is 9.81. The molecular formula is C6H2BClF6N-. The molecule has 1 nitrogen and oxygen atoms in total. The van der Waals surface area contributed by atoms with Gasteiger partial charge in [0.15, 0.2) is 0 Å². The van der Waals surface area contributed by atoms with Gasteiger partial charge >= 0.3 is 13.2 Å². The van der Waals surface area contributed by atoms with Gasteiger partial charge in [-0.1, -0.05) is 23.1 Å². The lowest BCUT2D eigenvalue weighted by Crippen LogP contribution is -2.36.